The SMILES string of the molecule is Cc1nnc(Sc2ccc(C(=O)N[C@@H]3C4CCN(CC4)[C@H]3C)s2)s1. The number of piperidine rings is 3. The molecule has 5 nitrogen and oxygen atoms in total. The molecule has 0 spiro atoms. The fourth-order valence-corrected chi connectivity index (χ4v) is 6.75. The molecule has 2 atom stereocenters. The molecule has 2 bridgehead atoms. The molecule has 1 N–H and O–H groups in total. The summed E-state index contributed by atoms with van der Waals surface area (Å²) in [4.78, 5) is 15.9. The van der Waals surface area contributed by atoms with Crippen LogP contribution in [0.5, 0.6) is 0 Å². The highest BCUT2D eigenvalue weighted by Crippen LogP contribution is 2.36. The van der Waals surface area contributed by atoms with Gasteiger partial charge < -0.3 is 5.32 Å². The van der Waals surface area contributed by atoms with Gasteiger partial charge in [0.1, 0.15) is 5.01 Å². The molecule has 128 valence electrons. The summed E-state index contributed by atoms with van der Waals surface area (Å²) >= 11 is 4.69. The highest BCUT2D eigenvalue weighted by atomic mass is 32.2. The summed E-state index contributed by atoms with van der Waals surface area (Å²) < 4.78 is 2.01. The van der Waals surface area contributed by atoms with Crippen LogP contribution >= 0.6 is 34.4 Å². The summed E-state index contributed by atoms with van der Waals surface area (Å²) in [7, 11) is 0. The molecule has 3 fully saturated rings. The molecule has 0 unspecified atom stereocenters. The first-order valence-electron chi connectivity index (χ1n) is 8.23. The van der Waals surface area contributed by atoms with Crippen molar-refractivity contribution in [2.45, 2.75) is 47.3 Å². The maximum atomic E-state index is 12.7. The molecule has 0 saturated carbocycles. The Labute approximate surface area is 153 Å². The van der Waals surface area contributed by atoms with Crippen molar-refractivity contribution in [3.63, 3.8) is 0 Å². The Morgan fingerprint density at radius 1 is 1.29 bits per heavy atom. The van der Waals surface area contributed by atoms with Crippen LogP contribution in [-0.2, 0) is 0 Å². The van der Waals surface area contributed by atoms with Gasteiger partial charge >= 0.3 is 0 Å². The third kappa shape index (κ3) is 3.24. The topological polar surface area (TPSA) is 58.1 Å². The van der Waals surface area contributed by atoms with Gasteiger partial charge in [0.05, 0.1) is 9.09 Å². The highest BCUT2D eigenvalue weighted by molar-refractivity contribution is 8.02. The van der Waals surface area contributed by atoms with E-state index in [2.05, 4.69) is 27.3 Å². The molecule has 3 aliphatic heterocycles. The molecule has 8 heteroatoms. The molecule has 0 aliphatic carbocycles. The maximum absolute atomic E-state index is 12.7. The lowest BCUT2D eigenvalue weighted by Crippen LogP contribution is -2.62. The van der Waals surface area contributed by atoms with Gasteiger partial charge in [0, 0.05) is 12.1 Å². The Kier molecular flexibility index (Phi) is 4.64. The van der Waals surface area contributed by atoms with Crippen molar-refractivity contribution in [3.8, 4) is 0 Å². The third-order valence-electron chi connectivity index (χ3n) is 4.98. The van der Waals surface area contributed by atoms with Crippen molar-refractivity contribution < 1.29 is 4.79 Å². The second-order valence-corrected chi connectivity index (χ2v) is 10.2. The van der Waals surface area contributed by atoms with Crippen LogP contribution in [0.4, 0.5) is 0 Å². The number of nitrogens with one attached hydrogen (secondary N) is 1. The Hall–Kier alpha value is -0.960. The molecule has 0 aromatic carbocycles. The van der Waals surface area contributed by atoms with E-state index in [0.717, 1.165) is 18.4 Å². The molecule has 24 heavy (non-hydrogen) atoms. The summed E-state index contributed by atoms with van der Waals surface area (Å²) in [6, 6.07) is 4.65. The maximum Gasteiger partial charge on any atom is 0.261 e. The summed E-state index contributed by atoms with van der Waals surface area (Å²) in [6.45, 7) is 6.55. The zero-order chi connectivity index (χ0) is 16.7. The van der Waals surface area contributed by atoms with E-state index in [1.54, 1.807) is 23.1 Å². The van der Waals surface area contributed by atoms with E-state index in [9.17, 15) is 4.79 Å². The predicted molar refractivity (Wildman–Crippen MR) is 98.1 cm³/mol. The third-order valence-corrected chi connectivity index (χ3v) is 8.08. The van der Waals surface area contributed by atoms with Gasteiger partial charge in [-0.1, -0.05) is 11.3 Å². The lowest BCUT2D eigenvalue weighted by Gasteiger charge is -2.49. The number of aromatic nitrogens is 2. The molecule has 5 rings (SSSR count). The molecular formula is C16H20N4OS3. The van der Waals surface area contributed by atoms with Crippen LogP contribution in [0.1, 0.15) is 34.4 Å². The van der Waals surface area contributed by atoms with Crippen LogP contribution in [0, 0.1) is 12.8 Å². The van der Waals surface area contributed by atoms with Crippen LogP contribution < -0.4 is 5.32 Å². The van der Waals surface area contributed by atoms with Gasteiger partial charge in [0.2, 0.25) is 0 Å². The first-order chi connectivity index (χ1) is 11.6. The van der Waals surface area contributed by atoms with E-state index in [0.29, 0.717) is 12.0 Å². The summed E-state index contributed by atoms with van der Waals surface area (Å²) in [5.74, 6) is 0.693. The van der Waals surface area contributed by atoms with Crippen molar-refractivity contribution in [1.29, 1.82) is 0 Å². The molecule has 5 heterocycles. The van der Waals surface area contributed by atoms with E-state index in [1.165, 1.54) is 37.3 Å². The van der Waals surface area contributed by atoms with E-state index in [1.807, 2.05) is 19.1 Å². The fourth-order valence-electron chi connectivity index (χ4n) is 3.67. The Balaban J connectivity index is 1.41. The number of amides is 1. The van der Waals surface area contributed by atoms with Gasteiger partial charge in [-0.05, 0) is 69.6 Å². The minimum Gasteiger partial charge on any atom is -0.347 e. The molecule has 0 radical (unpaired) electrons. The smallest absolute Gasteiger partial charge is 0.261 e. The van der Waals surface area contributed by atoms with Crippen LogP contribution in [0.25, 0.3) is 0 Å². The van der Waals surface area contributed by atoms with Gasteiger partial charge in [0.15, 0.2) is 4.34 Å². The zero-order valence-electron chi connectivity index (χ0n) is 13.7. The largest absolute Gasteiger partial charge is 0.347 e. The predicted octanol–water partition coefficient (Wildman–Crippen LogP) is 3.27. The number of carbonyl (C=O) groups excluding carboxylic acids is 1. The summed E-state index contributed by atoms with van der Waals surface area (Å²) in [5, 5.41) is 12.4. The van der Waals surface area contributed by atoms with Crippen LogP contribution in [0.3, 0.4) is 0 Å². The monoisotopic (exact) mass is 380 g/mol. The molecule has 3 aliphatic rings. The number of carbonyl (C=O) groups is 1. The normalized spacial score (nSPS) is 28.9. The average Bonchev–Trinajstić information content (AvgIpc) is 3.21. The number of aryl methyl sites for hydroxylation is 1. The van der Waals surface area contributed by atoms with Crippen LogP contribution in [0.15, 0.2) is 20.7 Å². The van der Waals surface area contributed by atoms with Crippen molar-refractivity contribution >= 4 is 40.3 Å². The standard InChI is InChI=1S/C16H20N4OS3/c1-9-14(11-5-7-20(9)8-6-11)17-15(21)12-3-4-13(23-12)24-16-19-18-10(2)22-16/h3-4,9,11,14H,5-8H2,1-2H3,(H,17,21)/t9-,14-/m0/s1. The highest BCUT2D eigenvalue weighted by Gasteiger charge is 2.40. The van der Waals surface area contributed by atoms with Gasteiger partial charge in [-0.25, -0.2) is 0 Å². The lowest BCUT2D eigenvalue weighted by atomic mass is 9.79. The van der Waals surface area contributed by atoms with Crippen molar-refractivity contribution in [2.75, 3.05) is 13.1 Å². The van der Waals surface area contributed by atoms with E-state index >= 15 is 0 Å². The van der Waals surface area contributed by atoms with E-state index in [4.69, 9.17) is 0 Å². The second kappa shape index (κ2) is 6.74. The quantitative estimate of drug-likeness (QED) is 0.882. The first kappa shape index (κ1) is 16.5. The van der Waals surface area contributed by atoms with Gasteiger partial charge in [-0.2, -0.15) is 0 Å². The molecule has 2 aromatic rings. The molecule has 3 saturated heterocycles. The number of rotatable bonds is 4. The van der Waals surface area contributed by atoms with Crippen molar-refractivity contribution in [2.24, 2.45) is 5.92 Å². The van der Waals surface area contributed by atoms with E-state index in [-0.39, 0.29) is 11.9 Å². The van der Waals surface area contributed by atoms with Gasteiger partial charge in [-0.3, -0.25) is 9.69 Å². The Morgan fingerprint density at radius 2 is 2.08 bits per heavy atom. The molecule has 2 aromatic heterocycles. The van der Waals surface area contributed by atoms with Crippen LogP contribution in [-0.4, -0.2) is 46.2 Å². The van der Waals surface area contributed by atoms with Gasteiger partial charge in [0.25, 0.3) is 5.91 Å². The number of thiophene rings is 1. The fraction of sp³-hybridized carbons (Fsp3) is 0.562. The van der Waals surface area contributed by atoms with E-state index < -0.39 is 0 Å². The summed E-state index contributed by atoms with van der Waals surface area (Å²) in [5.41, 5.74) is 0. The minimum atomic E-state index is 0.0610. The van der Waals surface area contributed by atoms with Crippen molar-refractivity contribution in [3.05, 3.63) is 22.0 Å². The second-order valence-electron chi connectivity index (χ2n) is 6.42. The number of nitrogens with zero attached hydrogens (tertiary/aromatic N) is 3. The number of hydrogen-bond acceptors (Lipinski definition) is 7. The number of hydrogen-bond donors (Lipinski definition) is 1. The minimum absolute atomic E-state index is 0.0610. The molecular weight excluding hydrogens is 360 g/mol. The Morgan fingerprint density at radius 3 is 2.75 bits per heavy atom. The lowest BCUT2D eigenvalue weighted by molar-refractivity contribution is 0.0218. The zero-order valence-corrected chi connectivity index (χ0v) is 16.1. The Bertz CT molecular complexity index is 733. The first-order valence-corrected chi connectivity index (χ1v) is 10.7. The van der Waals surface area contributed by atoms with Gasteiger partial charge in [-0.15, -0.1) is 21.5 Å². The molecule has 1 amide bonds. The number of fused-ring (bicyclic) bond motifs is 3. The average molecular weight is 381 g/mol. The summed E-state index contributed by atoms with van der Waals surface area (Å²) in [6.07, 6.45) is 2.41. The van der Waals surface area contributed by atoms with Crippen LogP contribution in [0.2, 0.25) is 0 Å². The van der Waals surface area contributed by atoms with Crippen molar-refractivity contribution in [1.82, 2.24) is 20.4 Å².